The molecule has 0 aliphatic carbocycles. The Morgan fingerprint density at radius 3 is 2.56 bits per heavy atom. The van der Waals surface area contributed by atoms with Crippen molar-refractivity contribution in [2.45, 2.75) is 6.92 Å². The van der Waals surface area contributed by atoms with Gasteiger partial charge in [-0.2, -0.15) is 0 Å². The van der Waals surface area contributed by atoms with Gasteiger partial charge in [-0.25, -0.2) is 4.98 Å². The molecule has 25 heavy (non-hydrogen) atoms. The molecule has 0 fully saturated rings. The Morgan fingerprint density at radius 1 is 1.20 bits per heavy atom. The summed E-state index contributed by atoms with van der Waals surface area (Å²) in [6.45, 7) is 1.79. The predicted octanol–water partition coefficient (Wildman–Crippen LogP) is 4.80. The van der Waals surface area contributed by atoms with E-state index >= 15 is 0 Å². The fourth-order valence-corrected chi connectivity index (χ4v) is 2.68. The molecule has 0 unspecified atom stereocenters. The minimum absolute atomic E-state index is 0.228. The summed E-state index contributed by atoms with van der Waals surface area (Å²) in [7, 11) is 1.59. The summed E-state index contributed by atoms with van der Waals surface area (Å²) in [6.07, 6.45) is 1.59. The number of amides is 1. The lowest BCUT2D eigenvalue weighted by atomic mass is 10.2. The number of nitrogens with one attached hydrogen (secondary N) is 1. The van der Waals surface area contributed by atoms with Crippen molar-refractivity contribution in [2.75, 3.05) is 12.4 Å². The van der Waals surface area contributed by atoms with Gasteiger partial charge in [0.15, 0.2) is 10.4 Å². The summed E-state index contributed by atoms with van der Waals surface area (Å²) >= 11 is 3.21. The van der Waals surface area contributed by atoms with E-state index in [0.29, 0.717) is 16.1 Å². The molecule has 0 saturated carbocycles. The summed E-state index contributed by atoms with van der Waals surface area (Å²) in [4.78, 5) is 16.6. The van der Waals surface area contributed by atoms with Crippen LogP contribution in [0.4, 0.5) is 5.69 Å². The van der Waals surface area contributed by atoms with Crippen LogP contribution in [-0.2, 0) is 0 Å². The third kappa shape index (κ3) is 4.00. The van der Waals surface area contributed by atoms with Gasteiger partial charge in [-0.1, -0.05) is 0 Å². The second-order valence-corrected chi connectivity index (χ2v) is 5.93. The Morgan fingerprint density at radius 2 is 1.92 bits per heavy atom. The summed E-state index contributed by atoms with van der Waals surface area (Å²) < 4.78 is 16.7. The van der Waals surface area contributed by atoms with Gasteiger partial charge in [0, 0.05) is 11.8 Å². The summed E-state index contributed by atoms with van der Waals surface area (Å²) in [5.41, 5.74) is 1.17. The molecule has 0 spiro atoms. The number of carbonyl (C=O) groups excluding carboxylic acids is 1. The molecule has 0 atom stereocenters. The minimum Gasteiger partial charge on any atom is -0.497 e. The molecule has 3 aromatic rings. The molecule has 1 amide bonds. The van der Waals surface area contributed by atoms with Gasteiger partial charge in [-0.05, 0) is 65.3 Å². The maximum atomic E-state index is 12.4. The normalized spacial score (nSPS) is 10.4. The Labute approximate surface area is 152 Å². The van der Waals surface area contributed by atoms with Gasteiger partial charge >= 0.3 is 0 Å². The van der Waals surface area contributed by atoms with Crippen LogP contribution in [0.15, 0.2) is 57.7 Å². The van der Waals surface area contributed by atoms with Crippen LogP contribution in [0.2, 0.25) is 0 Å². The second kappa shape index (κ2) is 7.40. The Balaban J connectivity index is 1.80. The van der Waals surface area contributed by atoms with Crippen LogP contribution in [0.25, 0.3) is 0 Å². The van der Waals surface area contributed by atoms with E-state index in [2.05, 4.69) is 26.2 Å². The van der Waals surface area contributed by atoms with E-state index in [1.807, 2.05) is 0 Å². The first kappa shape index (κ1) is 17.0. The quantitative estimate of drug-likeness (QED) is 0.663. The molecule has 0 aliphatic rings. The fourth-order valence-electron chi connectivity index (χ4n) is 2.17. The highest BCUT2D eigenvalue weighted by Crippen LogP contribution is 2.29. The Bertz CT molecular complexity index is 890. The molecule has 0 radical (unpaired) electrons. The first-order chi connectivity index (χ1) is 12.1. The average Bonchev–Trinajstić information content (AvgIpc) is 2.96. The van der Waals surface area contributed by atoms with Crippen LogP contribution >= 0.6 is 15.9 Å². The molecule has 0 aliphatic heterocycles. The number of benzene rings is 1. The number of nitrogens with zero attached hydrogens (tertiary/aromatic N) is 1. The number of hydrogen-bond donors (Lipinski definition) is 1. The topological polar surface area (TPSA) is 73.6 Å². The maximum Gasteiger partial charge on any atom is 0.291 e. The smallest absolute Gasteiger partial charge is 0.291 e. The number of carbonyl (C=O) groups is 1. The van der Waals surface area contributed by atoms with Crippen LogP contribution in [0, 0.1) is 6.92 Å². The van der Waals surface area contributed by atoms with Gasteiger partial charge in [-0.15, -0.1) is 0 Å². The van der Waals surface area contributed by atoms with Crippen molar-refractivity contribution in [1.82, 2.24) is 4.98 Å². The number of furan rings is 1. The Hall–Kier alpha value is -2.80. The zero-order valence-electron chi connectivity index (χ0n) is 13.6. The highest BCUT2D eigenvalue weighted by atomic mass is 79.9. The van der Waals surface area contributed by atoms with E-state index in [-0.39, 0.29) is 17.5 Å². The van der Waals surface area contributed by atoms with Crippen molar-refractivity contribution < 1.29 is 18.7 Å². The summed E-state index contributed by atoms with van der Waals surface area (Å²) in [5.74, 6) is 1.43. The number of pyridine rings is 1. The van der Waals surface area contributed by atoms with E-state index in [9.17, 15) is 4.79 Å². The van der Waals surface area contributed by atoms with Gasteiger partial charge in [0.25, 0.3) is 5.91 Å². The van der Waals surface area contributed by atoms with Gasteiger partial charge in [0.05, 0.1) is 7.11 Å². The third-order valence-electron chi connectivity index (χ3n) is 3.39. The number of aromatic nitrogens is 1. The predicted molar refractivity (Wildman–Crippen MR) is 96.4 cm³/mol. The number of methoxy groups -OCH3 is 1. The molecule has 0 saturated heterocycles. The van der Waals surface area contributed by atoms with Gasteiger partial charge < -0.3 is 19.2 Å². The molecule has 7 heteroatoms. The average molecular weight is 403 g/mol. The van der Waals surface area contributed by atoms with Crippen molar-refractivity contribution in [3.05, 3.63) is 64.7 Å². The minimum atomic E-state index is -0.379. The lowest BCUT2D eigenvalue weighted by molar-refractivity contribution is 0.0994. The molecule has 1 aromatic carbocycles. The van der Waals surface area contributed by atoms with E-state index in [0.717, 1.165) is 11.3 Å². The monoisotopic (exact) mass is 402 g/mol. The standard InChI is InChI=1S/C18H15BrN2O4/c1-11-10-15(19)25-16(11)17(22)21-14-4-3-9-20-18(14)24-13-7-5-12(23-2)6-8-13/h3-10H,1-2H3,(H,21,22). The number of ether oxygens (including phenoxy) is 2. The van der Waals surface area contributed by atoms with Crippen molar-refractivity contribution in [1.29, 1.82) is 0 Å². The molecule has 2 heterocycles. The molecular weight excluding hydrogens is 388 g/mol. The fraction of sp³-hybridized carbons (Fsp3) is 0.111. The second-order valence-electron chi connectivity index (χ2n) is 5.15. The first-order valence-electron chi connectivity index (χ1n) is 7.41. The molecule has 3 rings (SSSR count). The van der Waals surface area contributed by atoms with Crippen LogP contribution in [0.1, 0.15) is 16.1 Å². The van der Waals surface area contributed by atoms with Gasteiger partial charge in [-0.3, -0.25) is 4.79 Å². The molecule has 1 N–H and O–H groups in total. The molecule has 2 aromatic heterocycles. The van der Waals surface area contributed by atoms with Crippen molar-refractivity contribution in [2.24, 2.45) is 0 Å². The molecule has 6 nitrogen and oxygen atoms in total. The van der Waals surface area contributed by atoms with Crippen LogP contribution < -0.4 is 14.8 Å². The van der Waals surface area contributed by atoms with E-state index < -0.39 is 0 Å². The number of halogens is 1. The highest BCUT2D eigenvalue weighted by molar-refractivity contribution is 9.10. The zero-order chi connectivity index (χ0) is 17.8. The number of aryl methyl sites for hydroxylation is 1. The molecule has 0 bridgehead atoms. The number of rotatable bonds is 5. The number of hydrogen-bond acceptors (Lipinski definition) is 5. The van der Waals surface area contributed by atoms with E-state index in [1.54, 1.807) is 62.7 Å². The van der Waals surface area contributed by atoms with E-state index in [1.165, 1.54) is 0 Å². The highest BCUT2D eigenvalue weighted by Gasteiger charge is 2.17. The van der Waals surface area contributed by atoms with Crippen LogP contribution in [-0.4, -0.2) is 18.0 Å². The van der Waals surface area contributed by atoms with E-state index in [4.69, 9.17) is 13.9 Å². The SMILES string of the molecule is COc1ccc(Oc2ncccc2NC(=O)c2oc(Br)cc2C)cc1. The van der Waals surface area contributed by atoms with Crippen molar-refractivity contribution in [3.63, 3.8) is 0 Å². The third-order valence-corrected chi connectivity index (χ3v) is 3.78. The first-order valence-corrected chi connectivity index (χ1v) is 8.20. The van der Waals surface area contributed by atoms with Gasteiger partial charge in [0.2, 0.25) is 5.88 Å². The van der Waals surface area contributed by atoms with Crippen molar-refractivity contribution in [3.8, 4) is 17.4 Å². The Kier molecular flexibility index (Phi) is 5.04. The molecular formula is C18H15BrN2O4. The van der Waals surface area contributed by atoms with Gasteiger partial charge in [0.1, 0.15) is 17.2 Å². The largest absolute Gasteiger partial charge is 0.497 e. The zero-order valence-corrected chi connectivity index (χ0v) is 15.2. The number of anilines is 1. The lowest BCUT2D eigenvalue weighted by Gasteiger charge is -2.11. The van der Waals surface area contributed by atoms with Crippen LogP contribution in [0.5, 0.6) is 17.4 Å². The van der Waals surface area contributed by atoms with Crippen LogP contribution in [0.3, 0.4) is 0 Å². The maximum absolute atomic E-state index is 12.4. The molecule has 128 valence electrons. The summed E-state index contributed by atoms with van der Waals surface area (Å²) in [6, 6.07) is 12.2. The lowest BCUT2D eigenvalue weighted by Crippen LogP contribution is -2.13. The summed E-state index contributed by atoms with van der Waals surface area (Å²) in [5, 5.41) is 2.76. The van der Waals surface area contributed by atoms with Crippen molar-refractivity contribution >= 4 is 27.5 Å².